The normalized spacial score (nSPS) is 16.4. The highest BCUT2D eigenvalue weighted by Crippen LogP contribution is 2.46. The number of rotatable bonds is 12. The predicted octanol–water partition coefficient (Wildman–Crippen LogP) is 5.37. The summed E-state index contributed by atoms with van der Waals surface area (Å²) in [5.74, 6) is 2.55. The van der Waals surface area contributed by atoms with Crippen molar-refractivity contribution in [2.24, 2.45) is 0 Å². The molecule has 6 heteroatoms. The molecule has 6 nitrogen and oxygen atoms in total. The molecule has 0 radical (unpaired) electrons. The number of fused-ring (bicyclic) bond motifs is 3. The summed E-state index contributed by atoms with van der Waals surface area (Å²) < 4.78 is 17.6. The zero-order valence-corrected chi connectivity index (χ0v) is 21.2. The second-order valence-corrected chi connectivity index (χ2v) is 9.37. The number of ether oxygens (including phenoxy) is 3. The van der Waals surface area contributed by atoms with Crippen LogP contribution < -0.4 is 19.5 Å². The average molecular weight is 499 g/mol. The van der Waals surface area contributed by atoms with Gasteiger partial charge >= 0.3 is 0 Å². The minimum absolute atomic E-state index is 0.219. The predicted molar refractivity (Wildman–Crippen MR) is 146 cm³/mol. The molecular weight excluding hydrogens is 464 g/mol. The van der Waals surface area contributed by atoms with Crippen molar-refractivity contribution in [3.05, 3.63) is 108 Å². The molecule has 0 bridgehead atoms. The number of aliphatic hydroxyl groups excluding tert-OH is 1. The molecule has 3 aromatic rings. The fraction of sp³-hybridized carbons (Fsp3) is 0.290. The minimum atomic E-state index is -0.651. The molecule has 0 amide bonds. The molecule has 0 aromatic heterocycles. The summed E-state index contributed by atoms with van der Waals surface area (Å²) in [5, 5.41) is 14.5. The van der Waals surface area contributed by atoms with Crippen molar-refractivity contribution in [1.82, 2.24) is 4.90 Å². The van der Waals surface area contributed by atoms with E-state index in [1.807, 2.05) is 54.6 Å². The summed E-state index contributed by atoms with van der Waals surface area (Å²) >= 11 is 0. The van der Waals surface area contributed by atoms with Crippen LogP contribution in [0.3, 0.4) is 0 Å². The summed E-state index contributed by atoms with van der Waals surface area (Å²) in [6, 6.07) is 24.0. The first-order chi connectivity index (χ1) is 18.2. The van der Waals surface area contributed by atoms with Crippen LogP contribution in [0, 0.1) is 0 Å². The Morgan fingerprint density at radius 3 is 2.57 bits per heavy atom. The van der Waals surface area contributed by atoms with Crippen molar-refractivity contribution in [2.75, 3.05) is 38.7 Å². The number of benzene rings is 3. The lowest BCUT2D eigenvalue weighted by Crippen LogP contribution is -2.37. The van der Waals surface area contributed by atoms with Gasteiger partial charge in [-0.3, -0.25) is 4.90 Å². The molecule has 1 heterocycles. The Balaban J connectivity index is 1.21. The summed E-state index contributed by atoms with van der Waals surface area (Å²) in [6.07, 6.45) is 6.70. The maximum absolute atomic E-state index is 11.0. The van der Waals surface area contributed by atoms with Crippen LogP contribution in [0.2, 0.25) is 0 Å². The number of nitrogens with zero attached hydrogens (tertiary/aromatic N) is 1. The molecule has 0 saturated carbocycles. The number of hydrogen-bond donors (Lipinski definition) is 2. The summed E-state index contributed by atoms with van der Waals surface area (Å²) in [5.41, 5.74) is 4.66. The van der Waals surface area contributed by atoms with E-state index in [0.717, 1.165) is 17.9 Å². The quantitative estimate of drug-likeness (QED) is 0.350. The lowest BCUT2D eigenvalue weighted by atomic mass is 9.91. The lowest BCUT2D eigenvalue weighted by molar-refractivity contribution is 0.0600. The van der Waals surface area contributed by atoms with Crippen LogP contribution in [0.1, 0.15) is 23.5 Å². The number of para-hydroxylation sites is 2. The van der Waals surface area contributed by atoms with Crippen molar-refractivity contribution in [2.45, 2.75) is 25.0 Å². The second-order valence-electron chi connectivity index (χ2n) is 9.37. The standard InChI is InChI=1S/C31H34N2O4/c1-35-28-15-7-8-16-29(28)36-19-18-33(20-23-10-3-2-4-11-23)21-24(34)22-37-30-17-9-14-27-31(30)25-12-5-6-13-26(25)32-27/h2-11,13-17,24-25,32,34H,12,18-22H2,1H3. The number of anilines is 1. The minimum Gasteiger partial charge on any atom is -0.493 e. The second kappa shape index (κ2) is 12.0. The number of aliphatic hydroxyl groups is 1. The molecule has 2 N–H and O–H groups in total. The summed E-state index contributed by atoms with van der Waals surface area (Å²) in [7, 11) is 1.64. The highest BCUT2D eigenvalue weighted by molar-refractivity contribution is 5.70. The Bertz CT molecular complexity index is 1240. The van der Waals surface area contributed by atoms with Gasteiger partial charge in [0.15, 0.2) is 11.5 Å². The number of hydrogen-bond acceptors (Lipinski definition) is 6. The zero-order chi connectivity index (χ0) is 25.5. The summed E-state index contributed by atoms with van der Waals surface area (Å²) in [4.78, 5) is 2.20. The Hall–Kier alpha value is -3.74. The van der Waals surface area contributed by atoms with E-state index >= 15 is 0 Å². The first-order valence-corrected chi connectivity index (χ1v) is 12.8. The third-order valence-corrected chi connectivity index (χ3v) is 6.74. The molecule has 2 atom stereocenters. The fourth-order valence-electron chi connectivity index (χ4n) is 4.96. The number of methoxy groups -OCH3 is 1. The van der Waals surface area contributed by atoms with E-state index in [9.17, 15) is 5.11 Å². The van der Waals surface area contributed by atoms with Crippen molar-refractivity contribution in [3.8, 4) is 17.2 Å². The molecule has 0 fully saturated rings. The van der Waals surface area contributed by atoms with Gasteiger partial charge in [-0.25, -0.2) is 0 Å². The van der Waals surface area contributed by atoms with Crippen molar-refractivity contribution in [3.63, 3.8) is 0 Å². The fourth-order valence-corrected chi connectivity index (χ4v) is 4.96. The maximum Gasteiger partial charge on any atom is 0.161 e. The van der Waals surface area contributed by atoms with Crippen LogP contribution in [0.15, 0.2) is 96.7 Å². The van der Waals surface area contributed by atoms with E-state index in [-0.39, 0.29) is 12.5 Å². The molecule has 1 aliphatic carbocycles. The van der Waals surface area contributed by atoms with E-state index in [0.29, 0.717) is 37.7 Å². The van der Waals surface area contributed by atoms with Crippen LogP contribution in [0.5, 0.6) is 17.2 Å². The highest BCUT2D eigenvalue weighted by atomic mass is 16.5. The summed E-state index contributed by atoms with van der Waals surface area (Å²) in [6.45, 7) is 2.52. The van der Waals surface area contributed by atoms with E-state index in [1.165, 1.54) is 16.8 Å². The van der Waals surface area contributed by atoms with E-state index < -0.39 is 6.10 Å². The Morgan fingerprint density at radius 1 is 0.946 bits per heavy atom. The van der Waals surface area contributed by atoms with Gasteiger partial charge in [0.1, 0.15) is 25.1 Å². The van der Waals surface area contributed by atoms with Crippen LogP contribution in [0.4, 0.5) is 5.69 Å². The van der Waals surface area contributed by atoms with E-state index in [2.05, 4.69) is 46.6 Å². The van der Waals surface area contributed by atoms with Crippen molar-refractivity contribution < 1.29 is 19.3 Å². The van der Waals surface area contributed by atoms with E-state index in [1.54, 1.807) is 7.11 Å². The molecule has 0 saturated heterocycles. The molecule has 2 unspecified atom stereocenters. The van der Waals surface area contributed by atoms with Gasteiger partial charge in [0, 0.05) is 42.5 Å². The van der Waals surface area contributed by atoms with Gasteiger partial charge in [0.2, 0.25) is 0 Å². The first-order valence-electron chi connectivity index (χ1n) is 12.8. The Morgan fingerprint density at radius 2 is 1.73 bits per heavy atom. The van der Waals surface area contributed by atoms with Gasteiger partial charge in [0.05, 0.1) is 7.11 Å². The van der Waals surface area contributed by atoms with E-state index in [4.69, 9.17) is 14.2 Å². The largest absolute Gasteiger partial charge is 0.493 e. The smallest absolute Gasteiger partial charge is 0.161 e. The van der Waals surface area contributed by atoms with Gasteiger partial charge in [-0.05, 0) is 42.3 Å². The SMILES string of the molecule is COc1ccccc1OCCN(Cc1ccccc1)CC(O)COc1cccc2c1C1CC=CC=C1N2. The van der Waals surface area contributed by atoms with Crippen LogP contribution in [0.25, 0.3) is 0 Å². The van der Waals surface area contributed by atoms with Crippen LogP contribution in [-0.2, 0) is 6.54 Å². The molecule has 192 valence electrons. The maximum atomic E-state index is 11.0. The average Bonchev–Trinajstić information content (AvgIpc) is 3.32. The first kappa shape index (κ1) is 24.9. The lowest BCUT2D eigenvalue weighted by Gasteiger charge is -2.26. The van der Waals surface area contributed by atoms with Gasteiger partial charge in [0.25, 0.3) is 0 Å². The molecular formula is C31H34N2O4. The highest BCUT2D eigenvalue weighted by Gasteiger charge is 2.30. The zero-order valence-electron chi connectivity index (χ0n) is 21.2. The third kappa shape index (κ3) is 6.16. The van der Waals surface area contributed by atoms with Crippen molar-refractivity contribution >= 4 is 5.69 Å². The number of allylic oxidation sites excluding steroid dienone is 4. The Kier molecular flexibility index (Phi) is 8.08. The van der Waals surface area contributed by atoms with Gasteiger partial charge in [-0.2, -0.15) is 0 Å². The monoisotopic (exact) mass is 498 g/mol. The Labute approximate surface area is 218 Å². The molecule has 1 aliphatic heterocycles. The topological polar surface area (TPSA) is 63.2 Å². The van der Waals surface area contributed by atoms with Gasteiger partial charge < -0.3 is 24.6 Å². The third-order valence-electron chi connectivity index (χ3n) is 6.74. The molecule has 37 heavy (non-hydrogen) atoms. The molecule has 3 aromatic carbocycles. The number of nitrogens with one attached hydrogen (secondary N) is 1. The van der Waals surface area contributed by atoms with Crippen LogP contribution >= 0.6 is 0 Å². The molecule has 2 aliphatic rings. The van der Waals surface area contributed by atoms with Crippen LogP contribution in [-0.4, -0.2) is 49.5 Å². The molecule has 0 spiro atoms. The van der Waals surface area contributed by atoms with Gasteiger partial charge in [-0.1, -0.05) is 60.7 Å². The van der Waals surface area contributed by atoms with Crippen molar-refractivity contribution in [1.29, 1.82) is 0 Å². The molecule has 5 rings (SSSR count). The van der Waals surface area contributed by atoms with Gasteiger partial charge in [-0.15, -0.1) is 0 Å².